The highest BCUT2D eigenvalue weighted by atomic mass is 32.1. The quantitative estimate of drug-likeness (QED) is 0.788. The summed E-state index contributed by atoms with van der Waals surface area (Å²) < 4.78 is 6.54. The van der Waals surface area contributed by atoms with Gasteiger partial charge in [0.15, 0.2) is 5.13 Å². The molecule has 0 atom stereocenters. The van der Waals surface area contributed by atoms with Crippen LogP contribution in [0.1, 0.15) is 0 Å². The third-order valence-corrected chi connectivity index (χ3v) is 4.84. The number of ether oxygens (including phenoxy) is 1. The second-order valence-corrected chi connectivity index (χ2v) is 6.41. The molecule has 3 aromatic rings. The molecule has 22 heavy (non-hydrogen) atoms. The van der Waals surface area contributed by atoms with Crippen molar-refractivity contribution in [2.45, 2.75) is 0 Å². The summed E-state index contributed by atoms with van der Waals surface area (Å²) >= 11 is 1.53. The zero-order chi connectivity index (χ0) is 14.9. The molecule has 2 N–H and O–H groups in total. The van der Waals surface area contributed by atoms with E-state index in [1.54, 1.807) is 0 Å². The largest absolute Gasteiger partial charge is 0.378 e. The van der Waals surface area contributed by atoms with Crippen molar-refractivity contribution in [1.82, 2.24) is 4.98 Å². The van der Waals surface area contributed by atoms with Crippen molar-refractivity contribution in [2.24, 2.45) is 0 Å². The summed E-state index contributed by atoms with van der Waals surface area (Å²) in [4.78, 5) is 6.83. The van der Waals surface area contributed by atoms with Gasteiger partial charge < -0.3 is 15.4 Å². The highest BCUT2D eigenvalue weighted by molar-refractivity contribution is 7.22. The van der Waals surface area contributed by atoms with Gasteiger partial charge in [-0.3, -0.25) is 0 Å². The molecule has 4 nitrogen and oxygen atoms in total. The second-order valence-electron chi connectivity index (χ2n) is 5.35. The summed E-state index contributed by atoms with van der Waals surface area (Å²) in [5, 5.41) is 0.618. The van der Waals surface area contributed by atoms with E-state index >= 15 is 0 Å². The van der Waals surface area contributed by atoms with Crippen LogP contribution in [-0.4, -0.2) is 31.3 Å². The van der Waals surface area contributed by atoms with Crippen molar-refractivity contribution in [3.8, 4) is 11.1 Å². The molecule has 0 bridgehead atoms. The number of benzene rings is 2. The van der Waals surface area contributed by atoms with Crippen molar-refractivity contribution >= 4 is 32.4 Å². The van der Waals surface area contributed by atoms with Gasteiger partial charge in [0.25, 0.3) is 0 Å². The molecular formula is C17H17N3OS. The van der Waals surface area contributed by atoms with Crippen LogP contribution in [0, 0.1) is 0 Å². The number of aromatic nitrogens is 1. The normalized spacial score (nSPS) is 15.4. The standard InChI is InChI=1S/C17H17N3OS/c18-17-19-16-14(2-1-3-15(16)22-17)12-4-6-13(7-5-12)20-8-10-21-11-9-20/h1-7H,8-11H2,(H2,18,19). The summed E-state index contributed by atoms with van der Waals surface area (Å²) in [5.41, 5.74) is 10.4. The number of thiazole rings is 1. The van der Waals surface area contributed by atoms with Gasteiger partial charge in [0, 0.05) is 24.3 Å². The number of nitrogens with zero attached hydrogens (tertiary/aromatic N) is 2. The number of nitrogen functional groups attached to an aromatic ring is 1. The fraction of sp³-hybridized carbons (Fsp3) is 0.235. The van der Waals surface area contributed by atoms with E-state index < -0.39 is 0 Å². The summed E-state index contributed by atoms with van der Waals surface area (Å²) in [7, 11) is 0. The van der Waals surface area contributed by atoms with Crippen LogP contribution in [0.2, 0.25) is 0 Å². The molecule has 5 heteroatoms. The van der Waals surface area contributed by atoms with Crippen LogP contribution in [0.25, 0.3) is 21.3 Å². The monoisotopic (exact) mass is 311 g/mol. The number of rotatable bonds is 2. The molecule has 1 aromatic heterocycles. The topological polar surface area (TPSA) is 51.4 Å². The van der Waals surface area contributed by atoms with Crippen LogP contribution in [-0.2, 0) is 4.74 Å². The van der Waals surface area contributed by atoms with Gasteiger partial charge in [-0.05, 0) is 23.8 Å². The number of morpholine rings is 1. The first kappa shape index (κ1) is 13.5. The lowest BCUT2D eigenvalue weighted by molar-refractivity contribution is 0.122. The van der Waals surface area contributed by atoms with Gasteiger partial charge in [-0.25, -0.2) is 4.98 Å². The predicted octanol–water partition coefficient (Wildman–Crippen LogP) is 3.38. The summed E-state index contributed by atoms with van der Waals surface area (Å²) in [5.74, 6) is 0. The lowest BCUT2D eigenvalue weighted by Crippen LogP contribution is -2.36. The third-order valence-electron chi connectivity index (χ3n) is 3.99. The second kappa shape index (κ2) is 5.59. The van der Waals surface area contributed by atoms with Crippen molar-refractivity contribution < 1.29 is 4.74 Å². The van der Waals surface area contributed by atoms with E-state index in [4.69, 9.17) is 10.5 Å². The minimum Gasteiger partial charge on any atom is -0.378 e. The number of nitrogens with two attached hydrogens (primary N) is 1. The number of para-hydroxylation sites is 1. The van der Waals surface area contributed by atoms with E-state index in [1.807, 2.05) is 0 Å². The van der Waals surface area contributed by atoms with Crippen LogP contribution >= 0.6 is 11.3 Å². The molecule has 0 unspecified atom stereocenters. The van der Waals surface area contributed by atoms with Crippen LogP contribution in [0.4, 0.5) is 10.8 Å². The van der Waals surface area contributed by atoms with Crippen molar-refractivity contribution in [3.63, 3.8) is 0 Å². The molecule has 0 amide bonds. The van der Waals surface area contributed by atoms with Gasteiger partial charge in [0.2, 0.25) is 0 Å². The van der Waals surface area contributed by atoms with Gasteiger partial charge in [0.1, 0.15) is 0 Å². The summed E-state index contributed by atoms with van der Waals surface area (Å²) in [6.45, 7) is 3.52. The van der Waals surface area contributed by atoms with E-state index in [0.717, 1.165) is 42.1 Å². The first-order chi connectivity index (χ1) is 10.8. The molecule has 2 aromatic carbocycles. The molecule has 4 rings (SSSR count). The molecule has 1 saturated heterocycles. The lowest BCUT2D eigenvalue weighted by atomic mass is 10.0. The molecule has 1 aliphatic heterocycles. The van der Waals surface area contributed by atoms with E-state index in [-0.39, 0.29) is 0 Å². The molecule has 0 radical (unpaired) electrons. The Balaban J connectivity index is 1.69. The highest BCUT2D eigenvalue weighted by Crippen LogP contribution is 2.33. The molecular weight excluding hydrogens is 294 g/mol. The number of fused-ring (bicyclic) bond motifs is 1. The van der Waals surface area contributed by atoms with Crippen LogP contribution in [0.5, 0.6) is 0 Å². The molecule has 0 aliphatic carbocycles. The Morgan fingerprint density at radius 3 is 2.59 bits per heavy atom. The number of hydrogen-bond acceptors (Lipinski definition) is 5. The smallest absolute Gasteiger partial charge is 0.181 e. The SMILES string of the molecule is Nc1nc2c(-c3ccc(N4CCOCC4)cc3)cccc2s1. The highest BCUT2D eigenvalue weighted by Gasteiger charge is 2.12. The van der Waals surface area contributed by atoms with E-state index in [0.29, 0.717) is 5.13 Å². The Hall–Kier alpha value is -2.11. The Labute approximate surface area is 133 Å². The van der Waals surface area contributed by atoms with Gasteiger partial charge in [-0.2, -0.15) is 0 Å². The Morgan fingerprint density at radius 2 is 1.82 bits per heavy atom. The first-order valence-electron chi connectivity index (χ1n) is 7.39. The molecule has 0 saturated carbocycles. The average Bonchev–Trinajstić information content (AvgIpc) is 2.96. The molecule has 2 heterocycles. The number of hydrogen-bond donors (Lipinski definition) is 1. The maximum atomic E-state index is 5.85. The Kier molecular flexibility index (Phi) is 3.44. The lowest BCUT2D eigenvalue weighted by Gasteiger charge is -2.28. The molecule has 0 spiro atoms. The first-order valence-corrected chi connectivity index (χ1v) is 8.21. The Morgan fingerprint density at radius 1 is 1.05 bits per heavy atom. The minimum absolute atomic E-state index is 0.618. The minimum atomic E-state index is 0.618. The van der Waals surface area contributed by atoms with E-state index in [1.165, 1.54) is 22.6 Å². The number of anilines is 2. The average molecular weight is 311 g/mol. The summed E-state index contributed by atoms with van der Waals surface area (Å²) in [6.07, 6.45) is 0. The molecule has 1 fully saturated rings. The van der Waals surface area contributed by atoms with Gasteiger partial charge >= 0.3 is 0 Å². The zero-order valence-corrected chi connectivity index (χ0v) is 13.0. The fourth-order valence-corrected chi connectivity index (χ4v) is 3.63. The maximum Gasteiger partial charge on any atom is 0.181 e. The van der Waals surface area contributed by atoms with Crippen molar-refractivity contribution in [2.75, 3.05) is 36.9 Å². The van der Waals surface area contributed by atoms with Gasteiger partial charge in [-0.1, -0.05) is 35.6 Å². The van der Waals surface area contributed by atoms with E-state index in [2.05, 4.69) is 52.3 Å². The molecule has 112 valence electrons. The maximum absolute atomic E-state index is 5.85. The van der Waals surface area contributed by atoms with Crippen molar-refractivity contribution in [3.05, 3.63) is 42.5 Å². The summed E-state index contributed by atoms with van der Waals surface area (Å²) in [6, 6.07) is 14.9. The van der Waals surface area contributed by atoms with Gasteiger partial charge in [-0.15, -0.1) is 0 Å². The van der Waals surface area contributed by atoms with Crippen LogP contribution in [0.15, 0.2) is 42.5 Å². The van der Waals surface area contributed by atoms with Crippen LogP contribution in [0.3, 0.4) is 0 Å². The zero-order valence-electron chi connectivity index (χ0n) is 12.2. The van der Waals surface area contributed by atoms with Crippen LogP contribution < -0.4 is 10.6 Å². The van der Waals surface area contributed by atoms with Gasteiger partial charge in [0.05, 0.1) is 23.4 Å². The fourth-order valence-electron chi connectivity index (χ4n) is 2.87. The predicted molar refractivity (Wildman–Crippen MR) is 92.5 cm³/mol. The van der Waals surface area contributed by atoms with Crippen molar-refractivity contribution in [1.29, 1.82) is 0 Å². The third kappa shape index (κ3) is 2.42. The Bertz CT molecular complexity index is 791. The van der Waals surface area contributed by atoms with E-state index in [9.17, 15) is 0 Å². The molecule has 1 aliphatic rings.